The number of rotatable bonds is 5. The van der Waals surface area contributed by atoms with Crippen LogP contribution in [0.15, 0.2) is 36.4 Å². The summed E-state index contributed by atoms with van der Waals surface area (Å²) in [4.78, 5) is 2.40. The van der Waals surface area contributed by atoms with Crippen molar-refractivity contribution in [2.75, 3.05) is 37.7 Å². The van der Waals surface area contributed by atoms with E-state index >= 15 is 0 Å². The fraction of sp³-hybridized carbons (Fsp3) is 0.467. The second-order valence-electron chi connectivity index (χ2n) is 4.79. The van der Waals surface area contributed by atoms with Crippen molar-refractivity contribution in [1.82, 2.24) is 5.32 Å². The highest BCUT2D eigenvalue weighted by atomic mass is 16.5. The van der Waals surface area contributed by atoms with E-state index in [9.17, 15) is 0 Å². The van der Waals surface area contributed by atoms with Crippen LogP contribution in [-0.2, 0) is 0 Å². The van der Waals surface area contributed by atoms with Crippen LogP contribution in [0.1, 0.15) is 13.3 Å². The second-order valence-corrected chi connectivity index (χ2v) is 4.79. The van der Waals surface area contributed by atoms with E-state index in [2.05, 4.69) is 41.1 Å². The Kier molecular flexibility index (Phi) is 4.65. The molecule has 0 radical (unpaired) electrons. The van der Waals surface area contributed by atoms with Gasteiger partial charge < -0.3 is 15.0 Å². The average molecular weight is 246 g/mol. The predicted octanol–water partition coefficient (Wildman–Crippen LogP) is 2.44. The van der Waals surface area contributed by atoms with Gasteiger partial charge in [-0.25, -0.2) is 0 Å². The normalized spacial score (nSPS) is 15.5. The van der Waals surface area contributed by atoms with Crippen LogP contribution in [0.25, 0.3) is 0 Å². The summed E-state index contributed by atoms with van der Waals surface area (Å²) in [5.41, 5.74) is 2.44. The van der Waals surface area contributed by atoms with Crippen molar-refractivity contribution in [1.29, 1.82) is 0 Å². The van der Waals surface area contributed by atoms with E-state index in [1.165, 1.54) is 5.69 Å². The van der Waals surface area contributed by atoms with E-state index in [1.54, 1.807) is 0 Å². The number of benzene rings is 1. The second kappa shape index (κ2) is 6.45. The maximum Gasteiger partial charge on any atom is 0.119 e. The van der Waals surface area contributed by atoms with Gasteiger partial charge in [0.2, 0.25) is 0 Å². The first-order valence-corrected chi connectivity index (χ1v) is 6.58. The van der Waals surface area contributed by atoms with E-state index in [-0.39, 0.29) is 0 Å². The van der Waals surface area contributed by atoms with Gasteiger partial charge in [0.1, 0.15) is 5.75 Å². The van der Waals surface area contributed by atoms with E-state index in [1.807, 2.05) is 6.92 Å². The smallest absolute Gasteiger partial charge is 0.119 e. The molecule has 1 heterocycles. The Morgan fingerprint density at radius 2 is 1.94 bits per heavy atom. The molecule has 18 heavy (non-hydrogen) atoms. The molecule has 0 atom stereocenters. The van der Waals surface area contributed by atoms with Crippen molar-refractivity contribution in [3.63, 3.8) is 0 Å². The van der Waals surface area contributed by atoms with Gasteiger partial charge in [-0.3, -0.25) is 0 Å². The van der Waals surface area contributed by atoms with Crippen molar-refractivity contribution in [2.24, 2.45) is 0 Å². The molecular weight excluding hydrogens is 224 g/mol. The summed E-state index contributed by atoms with van der Waals surface area (Å²) in [6, 6.07) is 8.38. The SMILES string of the molecule is C=C(C)CCOc1ccc(N2CCNCC2)cc1. The number of ether oxygens (including phenoxy) is 1. The standard InChI is InChI=1S/C15H22N2O/c1-13(2)7-12-18-15-5-3-14(4-6-15)17-10-8-16-9-11-17/h3-6,16H,1,7-12H2,2H3. The number of nitrogens with zero attached hydrogens (tertiary/aromatic N) is 1. The number of nitrogens with one attached hydrogen (secondary N) is 1. The maximum absolute atomic E-state index is 5.67. The van der Waals surface area contributed by atoms with Gasteiger partial charge >= 0.3 is 0 Å². The molecule has 0 aromatic heterocycles. The summed E-state index contributed by atoms with van der Waals surface area (Å²) in [6.45, 7) is 10.9. The zero-order valence-electron chi connectivity index (χ0n) is 11.1. The average Bonchev–Trinajstić information content (AvgIpc) is 2.40. The summed E-state index contributed by atoms with van der Waals surface area (Å²) in [5, 5.41) is 3.36. The molecule has 3 heteroatoms. The zero-order chi connectivity index (χ0) is 12.8. The van der Waals surface area contributed by atoms with Crippen LogP contribution in [0.3, 0.4) is 0 Å². The van der Waals surface area contributed by atoms with Crippen molar-refractivity contribution in [2.45, 2.75) is 13.3 Å². The van der Waals surface area contributed by atoms with E-state index < -0.39 is 0 Å². The van der Waals surface area contributed by atoms with Crippen molar-refractivity contribution in [3.05, 3.63) is 36.4 Å². The lowest BCUT2D eigenvalue weighted by Crippen LogP contribution is -2.43. The van der Waals surface area contributed by atoms with Gasteiger partial charge in [0.25, 0.3) is 0 Å². The van der Waals surface area contributed by atoms with Crippen LogP contribution in [0.2, 0.25) is 0 Å². The minimum atomic E-state index is 0.711. The molecule has 1 aromatic carbocycles. The Labute approximate surface area is 109 Å². The minimum absolute atomic E-state index is 0.711. The topological polar surface area (TPSA) is 24.5 Å². The molecule has 2 rings (SSSR count). The third-order valence-corrected chi connectivity index (χ3v) is 3.12. The maximum atomic E-state index is 5.67. The molecule has 98 valence electrons. The molecule has 0 aliphatic carbocycles. The number of hydrogen-bond acceptors (Lipinski definition) is 3. The third kappa shape index (κ3) is 3.77. The van der Waals surface area contributed by atoms with Gasteiger partial charge in [-0.2, -0.15) is 0 Å². The molecule has 1 aliphatic heterocycles. The van der Waals surface area contributed by atoms with Gasteiger partial charge in [0, 0.05) is 38.3 Å². The Morgan fingerprint density at radius 1 is 1.28 bits per heavy atom. The lowest BCUT2D eigenvalue weighted by molar-refractivity contribution is 0.322. The summed E-state index contributed by atoms with van der Waals surface area (Å²) in [6.07, 6.45) is 0.916. The molecule has 0 saturated carbocycles. The Balaban J connectivity index is 1.86. The van der Waals surface area contributed by atoms with Crippen molar-refractivity contribution >= 4 is 5.69 Å². The first-order chi connectivity index (χ1) is 8.75. The van der Waals surface area contributed by atoms with E-state index in [0.717, 1.165) is 43.9 Å². The summed E-state index contributed by atoms with van der Waals surface area (Å²) in [7, 11) is 0. The zero-order valence-corrected chi connectivity index (χ0v) is 11.1. The van der Waals surface area contributed by atoms with Gasteiger partial charge in [0.15, 0.2) is 0 Å². The first-order valence-electron chi connectivity index (χ1n) is 6.58. The quantitative estimate of drug-likeness (QED) is 0.808. The summed E-state index contributed by atoms with van der Waals surface area (Å²) >= 11 is 0. The van der Waals surface area contributed by atoms with Gasteiger partial charge in [-0.1, -0.05) is 5.57 Å². The fourth-order valence-electron chi connectivity index (χ4n) is 2.02. The molecular formula is C15H22N2O. The number of anilines is 1. The Bertz CT molecular complexity index is 380. The van der Waals surface area contributed by atoms with Crippen molar-refractivity contribution < 1.29 is 4.74 Å². The number of hydrogen-bond donors (Lipinski definition) is 1. The molecule has 1 fully saturated rings. The molecule has 0 unspecified atom stereocenters. The molecule has 3 nitrogen and oxygen atoms in total. The van der Waals surface area contributed by atoms with Crippen LogP contribution in [0, 0.1) is 0 Å². The summed E-state index contributed by atoms with van der Waals surface area (Å²) in [5.74, 6) is 0.940. The molecule has 1 aromatic rings. The van der Waals surface area contributed by atoms with Crippen molar-refractivity contribution in [3.8, 4) is 5.75 Å². The van der Waals surface area contributed by atoms with Gasteiger partial charge in [-0.15, -0.1) is 6.58 Å². The first kappa shape index (κ1) is 13.0. The monoisotopic (exact) mass is 246 g/mol. The van der Waals surface area contributed by atoms with Crippen LogP contribution in [0.5, 0.6) is 5.75 Å². The molecule has 1 saturated heterocycles. The minimum Gasteiger partial charge on any atom is -0.493 e. The van der Waals surface area contributed by atoms with E-state index in [4.69, 9.17) is 4.74 Å². The molecule has 0 amide bonds. The van der Waals surface area contributed by atoms with Crippen LogP contribution in [0.4, 0.5) is 5.69 Å². The highest BCUT2D eigenvalue weighted by Gasteiger charge is 2.09. The third-order valence-electron chi connectivity index (χ3n) is 3.12. The Morgan fingerprint density at radius 3 is 2.56 bits per heavy atom. The highest BCUT2D eigenvalue weighted by Crippen LogP contribution is 2.20. The fourth-order valence-corrected chi connectivity index (χ4v) is 2.02. The van der Waals surface area contributed by atoms with Crippen LogP contribution < -0.4 is 15.0 Å². The van der Waals surface area contributed by atoms with Crippen LogP contribution >= 0.6 is 0 Å². The van der Waals surface area contributed by atoms with Gasteiger partial charge in [0.05, 0.1) is 6.61 Å². The molecule has 1 aliphatic rings. The number of piperazine rings is 1. The lowest BCUT2D eigenvalue weighted by Gasteiger charge is -2.29. The largest absolute Gasteiger partial charge is 0.493 e. The molecule has 1 N–H and O–H groups in total. The molecule has 0 bridgehead atoms. The predicted molar refractivity (Wildman–Crippen MR) is 76.5 cm³/mol. The highest BCUT2D eigenvalue weighted by molar-refractivity contribution is 5.49. The lowest BCUT2D eigenvalue weighted by atomic mass is 10.2. The van der Waals surface area contributed by atoms with Gasteiger partial charge in [-0.05, 0) is 31.2 Å². The molecule has 0 spiro atoms. The summed E-state index contributed by atoms with van der Waals surface area (Å²) < 4.78 is 5.67. The van der Waals surface area contributed by atoms with Crippen LogP contribution in [-0.4, -0.2) is 32.8 Å². The Hall–Kier alpha value is -1.48. The van der Waals surface area contributed by atoms with E-state index in [0.29, 0.717) is 6.61 Å².